The summed E-state index contributed by atoms with van der Waals surface area (Å²) in [6.45, 7) is 0. The van der Waals surface area contributed by atoms with Gasteiger partial charge in [0.2, 0.25) is 0 Å². The minimum atomic E-state index is -0.769. The zero-order valence-corrected chi connectivity index (χ0v) is 17.4. The van der Waals surface area contributed by atoms with Crippen molar-refractivity contribution >= 4 is 40.0 Å². The molecule has 1 unspecified atom stereocenters. The van der Waals surface area contributed by atoms with E-state index in [1.807, 2.05) is 24.3 Å². The van der Waals surface area contributed by atoms with E-state index in [-0.39, 0.29) is 28.1 Å². The van der Waals surface area contributed by atoms with E-state index in [1.165, 1.54) is 6.07 Å². The molecule has 1 aromatic heterocycles. The molecule has 2 aromatic carbocycles. The Labute approximate surface area is 183 Å². The van der Waals surface area contributed by atoms with Gasteiger partial charge < -0.3 is 20.1 Å². The standard InChI is InChI=1S/C24H21ClN2O4/c25-17-11-13(9-10-19(17)28)21-20(23(30)24(31)27(21)14-5-1-2-6-14)22(29)16-12-26-18-8-4-3-7-15(16)18/h3-4,7-12,14,21,26,28-29H,1-2,5-6H2/b22-20-. The summed E-state index contributed by atoms with van der Waals surface area (Å²) < 4.78 is 0. The minimum Gasteiger partial charge on any atom is -0.507 e. The van der Waals surface area contributed by atoms with Crippen LogP contribution >= 0.6 is 11.6 Å². The van der Waals surface area contributed by atoms with Crippen LogP contribution in [0.1, 0.15) is 42.9 Å². The number of para-hydroxylation sites is 1. The Morgan fingerprint density at radius 1 is 1.10 bits per heavy atom. The van der Waals surface area contributed by atoms with Gasteiger partial charge in [-0.2, -0.15) is 0 Å². The van der Waals surface area contributed by atoms with Crippen molar-refractivity contribution < 1.29 is 19.8 Å². The number of nitrogens with zero attached hydrogens (tertiary/aromatic N) is 1. The fourth-order valence-corrected chi connectivity index (χ4v) is 5.03. The minimum absolute atomic E-state index is 0.0448. The van der Waals surface area contributed by atoms with Crippen molar-refractivity contribution in [3.63, 3.8) is 0 Å². The number of carbonyl (C=O) groups excluding carboxylic acids is 2. The van der Waals surface area contributed by atoms with Gasteiger partial charge in [0.05, 0.1) is 16.6 Å². The number of aromatic hydroxyl groups is 1. The van der Waals surface area contributed by atoms with E-state index in [2.05, 4.69) is 4.98 Å². The van der Waals surface area contributed by atoms with Gasteiger partial charge >= 0.3 is 0 Å². The molecule has 6 nitrogen and oxygen atoms in total. The van der Waals surface area contributed by atoms with Crippen molar-refractivity contribution in [3.8, 4) is 5.75 Å². The molecule has 3 aromatic rings. The van der Waals surface area contributed by atoms with Crippen molar-refractivity contribution in [2.75, 3.05) is 0 Å². The van der Waals surface area contributed by atoms with E-state index in [4.69, 9.17) is 11.6 Å². The number of carbonyl (C=O) groups is 2. The maximum absolute atomic E-state index is 13.2. The maximum Gasteiger partial charge on any atom is 0.295 e. The van der Waals surface area contributed by atoms with Crippen LogP contribution < -0.4 is 0 Å². The number of rotatable bonds is 3. The van der Waals surface area contributed by atoms with Crippen LogP contribution in [-0.4, -0.2) is 37.8 Å². The van der Waals surface area contributed by atoms with Gasteiger partial charge in [-0.1, -0.05) is 48.7 Å². The van der Waals surface area contributed by atoms with Crippen LogP contribution in [0.5, 0.6) is 5.75 Å². The summed E-state index contributed by atoms with van der Waals surface area (Å²) in [6, 6.07) is 11.2. The first-order chi connectivity index (χ1) is 15.0. The van der Waals surface area contributed by atoms with Crippen molar-refractivity contribution in [2.45, 2.75) is 37.8 Å². The van der Waals surface area contributed by atoms with E-state index >= 15 is 0 Å². The second-order valence-electron chi connectivity index (χ2n) is 8.10. The molecule has 0 bridgehead atoms. The molecule has 31 heavy (non-hydrogen) atoms. The molecular formula is C24H21ClN2O4. The number of aliphatic hydroxyl groups excluding tert-OH is 1. The lowest BCUT2D eigenvalue weighted by molar-refractivity contribution is -0.141. The molecular weight excluding hydrogens is 416 g/mol. The summed E-state index contributed by atoms with van der Waals surface area (Å²) >= 11 is 6.16. The number of hydrogen-bond donors (Lipinski definition) is 3. The number of Topliss-reactive ketones (excluding diaryl/α,β-unsaturated/α-hetero) is 1. The predicted octanol–water partition coefficient (Wildman–Crippen LogP) is 4.89. The third-order valence-corrected chi connectivity index (χ3v) is 6.63. The third kappa shape index (κ3) is 3.10. The largest absolute Gasteiger partial charge is 0.507 e. The van der Waals surface area contributed by atoms with Crippen LogP contribution in [0.2, 0.25) is 5.02 Å². The zero-order chi connectivity index (χ0) is 21.7. The maximum atomic E-state index is 13.2. The fourth-order valence-electron chi connectivity index (χ4n) is 4.84. The fraction of sp³-hybridized carbons (Fsp3) is 0.250. The molecule has 1 saturated carbocycles. The van der Waals surface area contributed by atoms with Gasteiger partial charge in [-0.15, -0.1) is 0 Å². The number of likely N-dealkylation sites (tertiary alicyclic amines) is 1. The summed E-state index contributed by atoms with van der Waals surface area (Å²) in [5, 5.41) is 22.0. The molecule has 1 saturated heterocycles. The molecule has 1 aliphatic carbocycles. The van der Waals surface area contributed by atoms with Crippen LogP contribution in [0, 0.1) is 0 Å². The number of aliphatic hydroxyl groups is 1. The second kappa shape index (κ2) is 7.46. The Balaban J connectivity index is 1.73. The molecule has 2 fully saturated rings. The molecule has 1 atom stereocenters. The highest BCUT2D eigenvalue weighted by atomic mass is 35.5. The Bertz CT molecular complexity index is 1240. The Kier molecular flexibility index (Phi) is 4.74. The van der Waals surface area contributed by atoms with Gasteiger partial charge in [-0.3, -0.25) is 9.59 Å². The van der Waals surface area contributed by atoms with Gasteiger partial charge in [0, 0.05) is 28.7 Å². The van der Waals surface area contributed by atoms with Gasteiger partial charge in [0.25, 0.3) is 11.7 Å². The van der Waals surface area contributed by atoms with Crippen molar-refractivity contribution in [1.29, 1.82) is 0 Å². The molecule has 1 aliphatic heterocycles. The van der Waals surface area contributed by atoms with E-state index in [9.17, 15) is 19.8 Å². The van der Waals surface area contributed by atoms with Crippen LogP contribution in [-0.2, 0) is 9.59 Å². The zero-order valence-electron chi connectivity index (χ0n) is 16.6. The number of phenols is 1. The van der Waals surface area contributed by atoms with Crippen molar-refractivity contribution in [2.24, 2.45) is 0 Å². The molecule has 2 heterocycles. The number of hydrogen-bond acceptors (Lipinski definition) is 4. The van der Waals surface area contributed by atoms with Crippen molar-refractivity contribution in [3.05, 3.63) is 70.4 Å². The van der Waals surface area contributed by atoms with Crippen LogP contribution in [0.3, 0.4) is 0 Å². The molecule has 5 rings (SSSR count). The number of fused-ring (bicyclic) bond motifs is 1. The van der Waals surface area contributed by atoms with Gasteiger partial charge in [-0.05, 0) is 36.6 Å². The molecule has 7 heteroatoms. The number of phenolic OH excluding ortho intramolecular Hbond substituents is 1. The highest BCUT2D eigenvalue weighted by Crippen LogP contribution is 2.45. The summed E-state index contributed by atoms with van der Waals surface area (Å²) in [5.74, 6) is -1.61. The van der Waals surface area contributed by atoms with Gasteiger partial charge in [0.1, 0.15) is 11.5 Å². The summed E-state index contributed by atoms with van der Waals surface area (Å²) in [6.07, 6.45) is 5.23. The smallest absolute Gasteiger partial charge is 0.295 e. The number of aromatic amines is 1. The first kappa shape index (κ1) is 19.7. The SMILES string of the molecule is O=C1C(=O)N(C2CCCC2)C(c2ccc(O)c(Cl)c2)/C1=C(/O)c1c[nH]c2ccccc12. The number of aromatic nitrogens is 1. The Morgan fingerprint density at radius 2 is 1.84 bits per heavy atom. The number of H-pyrrole nitrogens is 1. The average molecular weight is 437 g/mol. The second-order valence-corrected chi connectivity index (χ2v) is 8.51. The number of halogens is 1. The lowest BCUT2D eigenvalue weighted by Gasteiger charge is -2.30. The quantitative estimate of drug-likeness (QED) is 0.309. The predicted molar refractivity (Wildman–Crippen MR) is 118 cm³/mol. The topological polar surface area (TPSA) is 93.6 Å². The molecule has 3 N–H and O–H groups in total. The third-order valence-electron chi connectivity index (χ3n) is 6.33. The lowest BCUT2D eigenvalue weighted by Crippen LogP contribution is -2.37. The average Bonchev–Trinajstić information content (AvgIpc) is 3.49. The van der Waals surface area contributed by atoms with Crippen LogP contribution in [0.4, 0.5) is 0 Å². The molecule has 158 valence electrons. The van der Waals surface area contributed by atoms with E-state index in [1.54, 1.807) is 23.2 Å². The van der Waals surface area contributed by atoms with E-state index in [0.717, 1.165) is 36.6 Å². The number of benzene rings is 2. The van der Waals surface area contributed by atoms with E-state index in [0.29, 0.717) is 11.1 Å². The molecule has 0 spiro atoms. The van der Waals surface area contributed by atoms with E-state index < -0.39 is 17.7 Å². The first-order valence-electron chi connectivity index (χ1n) is 10.3. The lowest BCUT2D eigenvalue weighted by atomic mass is 9.94. The normalized spacial score (nSPS) is 21.5. The van der Waals surface area contributed by atoms with Gasteiger partial charge in [0.15, 0.2) is 0 Å². The van der Waals surface area contributed by atoms with Gasteiger partial charge in [-0.25, -0.2) is 0 Å². The summed E-state index contributed by atoms with van der Waals surface area (Å²) in [7, 11) is 0. The number of nitrogens with one attached hydrogen (secondary N) is 1. The highest BCUT2D eigenvalue weighted by Gasteiger charge is 2.49. The molecule has 2 aliphatic rings. The number of amides is 1. The number of ketones is 1. The molecule has 1 amide bonds. The monoisotopic (exact) mass is 436 g/mol. The molecule has 0 radical (unpaired) electrons. The Hall–Kier alpha value is -3.25. The van der Waals surface area contributed by atoms with Crippen molar-refractivity contribution in [1.82, 2.24) is 9.88 Å². The summed E-state index contributed by atoms with van der Waals surface area (Å²) in [4.78, 5) is 31.0. The first-order valence-corrected chi connectivity index (χ1v) is 10.7. The summed E-state index contributed by atoms with van der Waals surface area (Å²) in [5.41, 5.74) is 1.91. The Morgan fingerprint density at radius 3 is 2.58 bits per heavy atom. The van der Waals surface area contributed by atoms with Crippen LogP contribution in [0.15, 0.2) is 54.2 Å². The highest BCUT2D eigenvalue weighted by molar-refractivity contribution is 6.47. The van der Waals surface area contributed by atoms with Crippen LogP contribution in [0.25, 0.3) is 16.7 Å².